The molecule has 0 unspecified atom stereocenters. The summed E-state index contributed by atoms with van der Waals surface area (Å²) in [6.07, 6.45) is 0.109. The van der Waals surface area contributed by atoms with Crippen LogP contribution in [0.4, 0.5) is 10.1 Å². The standard InChI is InChI=1S/C18H21FN2O2/c1-13(2)23-16-9-7-15(8-10-16)21-18(22)12-20-11-14-5-3-4-6-17(14)19/h3-10,13,20H,11-12H2,1-2H3,(H,21,22). The van der Waals surface area contributed by atoms with Gasteiger partial charge in [0.25, 0.3) is 0 Å². The van der Waals surface area contributed by atoms with Crippen molar-refractivity contribution < 1.29 is 13.9 Å². The Morgan fingerprint density at radius 3 is 2.48 bits per heavy atom. The Morgan fingerprint density at radius 2 is 1.83 bits per heavy atom. The monoisotopic (exact) mass is 316 g/mol. The van der Waals surface area contributed by atoms with Crippen molar-refractivity contribution >= 4 is 11.6 Å². The Hall–Kier alpha value is -2.40. The smallest absolute Gasteiger partial charge is 0.238 e. The molecule has 2 aromatic rings. The summed E-state index contributed by atoms with van der Waals surface area (Å²) >= 11 is 0. The molecular formula is C18H21FN2O2. The summed E-state index contributed by atoms with van der Waals surface area (Å²) in [7, 11) is 0. The second-order valence-corrected chi connectivity index (χ2v) is 5.43. The Balaban J connectivity index is 1.77. The zero-order chi connectivity index (χ0) is 16.7. The summed E-state index contributed by atoms with van der Waals surface area (Å²) in [5, 5.41) is 5.70. The van der Waals surface area contributed by atoms with Crippen LogP contribution in [0.5, 0.6) is 5.75 Å². The number of halogens is 1. The maximum atomic E-state index is 13.4. The van der Waals surface area contributed by atoms with E-state index in [1.165, 1.54) is 6.07 Å². The lowest BCUT2D eigenvalue weighted by molar-refractivity contribution is -0.115. The van der Waals surface area contributed by atoms with E-state index in [9.17, 15) is 9.18 Å². The van der Waals surface area contributed by atoms with Crippen LogP contribution in [0.1, 0.15) is 19.4 Å². The molecule has 23 heavy (non-hydrogen) atoms. The zero-order valence-electron chi connectivity index (χ0n) is 13.3. The highest BCUT2D eigenvalue weighted by molar-refractivity contribution is 5.92. The SMILES string of the molecule is CC(C)Oc1ccc(NC(=O)CNCc2ccccc2F)cc1. The molecule has 2 rings (SSSR count). The van der Waals surface area contributed by atoms with Crippen LogP contribution in [-0.2, 0) is 11.3 Å². The first-order chi connectivity index (χ1) is 11.0. The van der Waals surface area contributed by atoms with Gasteiger partial charge in [-0.25, -0.2) is 4.39 Å². The summed E-state index contributed by atoms with van der Waals surface area (Å²) in [5.41, 5.74) is 1.23. The van der Waals surface area contributed by atoms with Gasteiger partial charge in [-0.15, -0.1) is 0 Å². The summed E-state index contributed by atoms with van der Waals surface area (Å²) in [5.74, 6) is 0.302. The normalized spacial score (nSPS) is 10.6. The van der Waals surface area contributed by atoms with Gasteiger partial charge < -0.3 is 15.4 Å². The number of ether oxygens (including phenoxy) is 1. The van der Waals surface area contributed by atoms with Crippen molar-refractivity contribution in [2.45, 2.75) is 26.5 Å². The Morgan fingerprint density at radius 1 is 1.13 bits per heavy atom. The lowest BCUT2D eigenvalue weighted by atomic mass is 10.2. The molecule has 0 aromatic heterocycles. The topological polar surface area (TPSA) is 50.4 Å². The summed E-state index contributed by atoms with van der Waals surface area (Å²) < 4.78 is 19.0. The Labute approximate surface area is 135 Å². The van der Waals surface area contributed by atoms with E-state index >= 15 is 0 Å². The van der Waals surface area contributed by atoms with Crippen LogP contribution in [-0.4, -0.2) is 18.6 Å². The number of hydrogen-bond donors (Lipinski definition) is 2. The van der Waals surface area contributed by atoms with Gasteiger partial charge in [-0.05, 0) is 44.2 Å². The van der Waals surface area contributed by atoms with Gasteiger partial charge in [0, 0.05) is 17.8 Å². The van der Waals surface area contributed by atoms with Crippen LogP contribution in [0.25, 0.3) is 0 Å². The first-order valence-corrected chi connectivity index (χ1v) is 7.55. The molecule has 0 heterocycles. The predicted octanol–water partition coefficient (Wildman–Crippen LogP) is 3.34. The van der Waals surface area contributed by atoms with E-state index in [2.05, 4.69) is 10.6 Å². The summed E-state index contributed by atoms with van der Waals surface area (Å²) in [6, 6.07) is 13.7. The van der Waals surface area contributed by atoms with Crippen molar-refractivity contribution in [3.05, 3.63) is 59.9 Å². The minimum atomic E-state index is -0.277. The van der Waals surface area contributed by atoms with Crippen LogP contribution in [0.3, 0.4) is 0 Å². The van der Waals surface area contributed by atoms with Gasteiger partial charge in [-0.3, -0.25) is 4.79 Å². The highest BCUT2D eigenvalue weighted by Gasteiger charge is 2.05. The zero-order valence-corrected chi connectivity index (χ0v) is 13.3. The molecule has 0 bridgehead atoms. The van der Waals surface area contributed by atoms with Crippen LogP contribution >= 0.6 is 0 Å². The molecule has 0 fully saturated rings. The minimum absolute atomic E-state index is 0.109. The fraction of sp³-hybridized carbons (Fsp3) is 0.278. The third-order valence-electron chi connectivity index (χ3n) is 3.07. The van der Waals surface area contributed by atoms with Crippen LogP contribution in [0.2, 0.25) is 0 Å². The van der Waals surface area contributed by atoms with Crippen molar-refractivity contribution in [1.29, 1.82) is 0 Å². The molecule has 0 atom stereocenters. The quantitative estimate of drug-likeness (QED) is 0.824. The van der Waals surface area contributed by atoms with Crippen LogP contribution in [0, 0.1) is 5.82 Å². The van der Waals surface area contributed by atoms with Gasteiger partial charge in [0.1, 0.15) is 11.6 Å². The van der Waals surface area contributed by atoms with Crippen molar-refractivity contribution in [2.24, 2.45) is 0 Å². The molecule has 0 saturated carbocycles. The Bertz CT molecular complexity index is 642. The van der Waals surface area contributed by atoms with E-state index < -0.39 is 0 Å². The molecule has 122 valence electrons. The largest absolute Gasteiger partial charge is 0.491 e. The van der Waals surface area contributed by atoms with Crippen molar-refractivity contribution in [2.75, 3.05) is 11.9 Å². The number of rotatable bonds is 7. The van der Waals surface area contributed by atoms with E-state index in [1.54, 1.807) is 30.3 Å². The lowest BCUT2D eigenvalue weighted by Crippen LogP contribution is -2.28. The second-order valence-electron chi connectivity index (χ2n) is 5.43. The first kappa shape index (κ1) is 17.0. The van der Waals surface area contributed by atoms with Gasteiger partial charge >= 0.3 is 0 Å². The number of hydrogen-bond acceptors (Lipinski definition) is 3. The Kier molecular flexibility index (Phi) is 6.11. The molecule has 0 aliphatic heterocycles. The van der Waals surface area contributed by atoms with Gasteiger partial charge in [-0.1, -0.05) is 18.2 Å². The molecule has 0 aliphatic carbocycles. The lowest BCUT2D eigenvalue weighted by Gasteiger charge is -2.11. The van der Waals surface area contributed by atoms with E-state index in [0.29, 0.717) is 17.8 Å². The predicted molar refractivity (Wildman–Crippen MR) is 88.9 cm³/mol. The highest BCUT2D eigenvalue weighted by atomic mass is 19.1. The summed E-state index contributed by atoms with van der Waals surface area (Å²) in [4.78, 5) is 11.9. The average molecular weight is 316 g/mol. The molecule has 2 aromatic carbocycles. The van der Waals surface area contributed by atoms with Crippen LogP contribution < -0.4 is 15.4 Å². The van der Waals surface area contributed by atoms with E-state index in [-0.39, 0.29) is 24.4 Å². The van der Waals surface area contributed by atoms with Gasteiger partial charge in [0.15, 0.2) is 0 Å². The van der Waals surface area contributed by atoms with Crippen molar-refractivity contribution in [1.82, 2.24) is 5.32 Å². The fourth-order valence-corrected chi connectivity index (χ4v) is 2.05. The van der Waals surface area contributed by atoms with Gasteiger partial charge in [0.2, 0.25) is 5.91 Å². The molecule has 0 spiro atoms. The third kappa shape index (κ3) is 5.71. The first-order valence-electron chi connectivity index (χ1n) is 7.55. The van der Waals surface area contributed by atoms with Gasteiger partial charge in [0.05, 0.1) is 12.6 Å². The molecule has 2 N–H and O–H groups in total. The van der Waals surface area contributed by atoms with E-state index in [1.807, 2.05) is 26.0 Å². The van der Waals surface area contributed by atoms with E-state index in [0.717, 1.165) is 5.75 Å². The minimum Gasteiger partial charge on any atom is -0.491 e. The van der Waals surface area contributed by atoms with Crippen molar-refractivity contribution in [3.63, 3.8) is 0 Å². The summed E-state index contributed by atoms with van der Waals surface area (Å²) in [6.45, 7) is 4.33. The van der Waals surface area contributed by atoms with Crippen LogP contribution in [0.15, 0.2) is 48.5 Å². The second kappa shape index (κ2) is 8.29. The molecule has 0 radical (unpaired) electrons. The molecule has 0 aliphatic rings. The number of anilines is 1. The number of benzene rings is 2. The third-order valence-corrected chi connectivity index (χ3v) is 3.07. The average Bonchev–Trinajstić information content (AvgIpc) is 2.51. The number of nitrogens with one attached hydrogen (secondary N) is 2. The molecule has 4 nitrogen and oxygen atoms in total. The number of amides is 1. The van der Waals surface area contributed by atoms with Crippen molar-refractivity contribution in [3.8, 4) is 5.75 Å². The number of carbonyl (C=O) groups is 1. The fourth-order valence-electron chi connectivity index (χ4n) is 2.05. The molecule has 1 amide bonds. The maximum absolute atomic E-state index is 13.4. The van der Waals surface area contributed by atoms with Gasteiger partial charge in [-0.2, -0.15) is 0 Å². The van der Waals surface area contributed by atoms with E-state index in [4.69, 9.17) is 4.74 Å². The maximum Gasteiger partial charge on any atom is 0.238 e. The molecule has 0 saturated heterocycles. The number of carbonyl (C=O) groups excluding carboxylic acids is 1. The molecular weight excluding hydrogens is 295 g/mol. The molecule has 5 heteroatoms. The highest BCUT2D eigenvalue weighted by Crippen LogP contribution is 2.16.